The standard InChI is InChI=1S/C28H25N3O4/c32-27-22-10-5-4-9-21(22)26(29-31(27)18-19-7-2-1-3-8-19)28(33)30-14-6-11-23(30)20-12-13-24-25(17-20)35-16-15-34-24/h1-5,7-10,12-13,17,23H,6,11,14-16,18H2/t23-/m0/s1. The molecule has 1 amide bonds. The number of rotatable bonds is 4. The van der Waals surface area contributed by atoms with E-state index in [4.69, 9.17) is 9.47 Å². The third kappa shape index (κ3) is 3.93. The molecular weight excluding hydrogens is 442 g/mol. The van der Waals surface area contributed by atoms with Gasteiger partial charge in [0.2, 0.25) is 0 Å². The first-order valence-electron chi connectivity index (χ1n) is 11.9. The van der Waals surface area contributed by atoms with Gasteiger partial charge < -0.3 is 14.4 Å². The summed E-state index contributed by atoms with van der Waals surface area (Å²) >= 11 is 0. The summed E-state index contributed by atoms with van der Waals surface area (Å²) in [4.78, 5) is 29.0. The second-order valence-electron chi connectivity index (χ2n) is 8.90. The lowest BCUT2D eigenvalue weighted by Gasteiger charge is -2.27. The third-order valence-corrected chi connectivity index (χ3v) is 6.71. The smallest absolute Gasteiger partial charge is 0.275 e. The van der Waals surface area contributed by atoms with Crippen molar-refractivity contribution < 1.29 is 14.3 Å². The van der Waals surface area contributed by atoms with Gasteiger partial charge in [0.15, 0.2) is 17.2 Å². The van der Waals surface area contributed by atoms with Crippen LogP contribution in [0.5, 0.6) is 11.5 Å². The first kappa shape index (κ1) is 21.4. The third-order valence-electron chi connectivity index (χ3n) is 6.71. The van der Waals surface area contributed by atoms with Crippen LogP contribution in [0.15, 0.2) is 77.6 Å². The SMILES string of the molecule is O=C(c1nn(Cc2ccccc2)c(=O)c2ccccc12)N1CCC[C@H]1c1ccc2c(c1)OCCO2. The maximum atomic E-state index is 13.9. The molecule has 0 bridgehead atoms. The topological polar surface area (TPSA) is 73.7 Å². The lowest BCUT2D eigenvalue weighted by molar-refractivity contribution is 0.0728. The van der Waals surface area contributed by atoms with Crippen LogP contribution in [-0.2, 0) is 6.54 Å². The van der Waals surface area contributed by atoms with Gasteiger partial charge in [-0.15, -0.1) is 0 Å². The largest absolute Gasteiger partial charge is 0.486 e. The van der Waals surface area contributed by atoms with E-state index in [2.05, 4.69) is 5.10 Å². The van der Waals surface area contributed by atoms with Crippen LogP contribution in [0.4, 0.5) is 0 Å². The Kier molecular flexibility index (Phi) is 5.45. The van der Waals surface area contributed by atoms with E-state index < -0.39 is 0 Å². The van der Waals surface area contributed by atoms with Crippen molar-refractivity contribution in [3.63, 3.8) is 0 Å². The van der Waals surface area contributed by atoms with Gasteiger partial charge in [-0.3, -0.25) is 9.59 Å². The van der Waals surface area contributed by atoms with Gasteiger partial charge in [-0.05, 0) is 42.2 Å². The van der Waals surface area contributed by atoms with Crippen LogP contribution in [0.2, 0.25) is 0 Å². The first-order valence-corrected chi connectivity index (χ1v) is 11.9. The first-order chi connectivity index (χ1) is 17.2. The van der Waals surface area contributed by atoms with Gasteiger partial charge in [0, 0.05) is 11.9 Å². The molecule has 0 spiro atoms. The number of benzene rings is 3. The minimum Gasteiger partial charge on any atom is -0.486 e. The average Bonchev–Trinajstić information content (AvgIpc) is 3.40. The molecule has 0 aliphatic carbocycles. The molecule has 2 aliphatic heterocycles. The zero-order valence-corrected chi connectivity index (χ0v) is 19.2. The number of ether oxygens (including phenoxy) is 2. The van der Waals surface area contributed by atoms with Crippen LogP contribution >= 0.6 is 0 Å². The van der Waals surface area contributed by atoms with Gasteiger partial charge in [0.05, 0.1) is 18.0 Å². The number of hydrogen-bond acceptors (Lipinski definition) is 5. The van der Waals surface area contributed by atoms with E-state index in [9.17, 15) is 9.59 Å². The summed E-state index contributed by atoms with van der Waals surface area (Å²) in [5.41, 5.74) is 2.07. The van der Waals surface area contributed by atoms with E-state index in [1.807, 2.05) is 65.6 Å². The second kappa shape index (κ2) is 8.91. The second-order valence-corrected chi connectivity index (χ2v) is 8.90. The normalized spacial score (nSPS) is 17.0. The van der Waals surface area contributed by atoms with E-state index >= 15 is 0 Å². The Labute approximate surface area is 202 Å². The highest BCUT2D eigenvalue weighted by Gasteiger charge is 2.33. The Morgan fingerprint density at radius 2 is 1.66 bits per heavy atom. The van der Waals surface area contributed by atoms with Crippen molar-refractivity contribution in [1.82, 2.24) is 14.7 Å². The predicted molar refractivity (Wildman–Crippen MR) is 132 cm³/mol. The number of fused-ring (bicyclic) bond motifs is 2. The number of nitrogens with zero attached hydrogens (tertiary/aromatic N) is 3. The molecule has 35 heavy (non-hydrogen) atoms. The quantitative estimate of drug-likeness (QED) is 0.450. The zero-order chi connectivity index (χ0) is 23.8. The molecule has 0 N–H and O–H groups in total. The Hall–Kier alpha value is -4.13. The Bertz CT molecular complexity index is 1460. The number of amides is 1. The number of carbonyl (C=O) groups excluding carboxylic acids is 1. The molecular formula is C28H25N3O4. The summed E-state index contributed by atoms with van der Waals surface area (Å²) in [6.45, 7) is 1.99. The highest BCUT2D eigenvalue weighted by Crippen LogP contribution is 2.38. The Morgan fingerprint density at radius 3 is 2.49 bits per heavy atom. The van der Waals surface area contributed by atoms with Crippen molar-refractivity contribution in [2.45, 2.75) is 25.4 Å². The molecule has 0 saturated carbocycles. The summed E-state index contributed by atoms with van der Waals surface area (Å²) in [6.07, 6.45) is 1.75. The van der Waals surface area contributed by atoms with Gasteiger partial charge in [-0.1, -0.05) is 54.6 Å². The molecule has 176 valence electrons. The van der Waals surface area contributed by atoms with Crippen molar-refractivity contribution in [1.29, 1.82) is 0 Å². The molecule has 2 aliphatic rings. The Morgan fingerprint density at radius 1 is 0.914 bits per heavy atom. The summed E-state index contributed by atoms with van der Waals surface area (Å²) in [5.74, 6) is 1.28. The van der Waals surface area contributed by atoms with Gasteiger partial charge in [0.1, 0.15) is 13.2 Å². The number of hydrogen-bond donors (Lipinski definition) is 0. The number of likely N-dealkylation sites (tertiary alicyclic amines) is 1. The average molecular weight is 468 g/mol. The molecule has 1 saturated heterocycles. The van der Waals surface area contributed by atoms with Crippen LogP contribution in [0.1, 0.15) is 40.5 Å². The fourth-order valence-corrected chi connectivity index (χ4v) is 5.02. The van der Waals surface area contributed by atoms with Crippen molar-refractivity contribution in [2.75, 3.05) is 19.8 Å². The van der Waals surface area contributed by atoms with Gasteiger partial charge in [-0.2, -0.15) is 5.10 Å². The number of aromatic nitrogens is 2. The van der Waals surface area contributed by atoms with E-state index in [1.54, 1.807) is 12.1 Å². The molecule has 1 aromatic heterocycles. The van der Waals surface area contributed by atoms with E-state index in [1.165, 1.54) is 4.68 Å². The predicted octanol–water partition coefficient (Wildman–Crippen LogP) is 4.19. The molecule has 1 fully saturated rings. The molecule has 0 radical (unpaired) electrons. The van der Waals surface area contributed by atoms with E-state index in [0.29, 0.717) is 48.5 Å². The maximum absolute atomic E-state index is 13.9. The van der Waals surface area contributed by atoms with Crippen LogP contribution < -0.4 is 15.0 Å². The van der Waals surface area contributed by atoms with Crippen molar-refractivity contribution >= 4 is 16.7 Å². The summed E-state index contributed by atoms with van der Waals surface area (Å²) in [5, 5.41) is 5.69. The van der Waals surface area contributed by atoms with Crippen molar-refractivity contribution in [3.05, 3.63) is 100.0 Å². The monoisotopic (exact) mass is 467 g/mol. The van der Waals surface area contributed by atoms with Crippen molar-refractivity contribution in [2.24, 2.45) is 0 Å². The molecule has 7 heteroatoms. The lowest BCUT2D eigenvalue weighted by atomic mass is 10.0. The van der Waals surface area contributed by atoms with Gasteiger partial charge >= 0.3 is 0 Å². The molecule has 7 nitrogen and oxygen atoms in total. The molecule has 1 atom stereocenters. The van der Waals surface area contributed by atoms with E-state index in [0.717, 1.165) is 29.7 Å². The minimum absolute atomic E-state index is 0.0895. The fourth-order valence-electron chi connectivity index (χ4n) is 5.02. The van der Waals surface area contributed by atoms with Crippen LogP contribution in [0.3, 0.4) is 0 Å². The molecule has 3 heterocycles. The highest BCUT2D eigenvalue weighted by molar-refractivity contribution is 6.05. The summed E-state index contributed by atoms with van der Waals surface area (Å²) in [7, 11) is 0. The summed E-state index contributed by atoms with van der Waals surface area (Å²) in [6, 6.07) is 22.7. The van der Waals surface area contributed by atoms with Gasteiger partial charge in [-0.25, -0.2) is 4.68 Å². The van der Waals surface area contributed by atoms with Crippen molar-refractivity contribution in [3.8, 4) is 11.5 Å². The number of carbonyl (C=O) groups is 1. The maximum Gasteiger partial charge on any atom is 0.275 e. The Balaban J connectivity index is 1.39. The van der Waals surface area contributed by atoms with Crippen LogP contribution in [-0.4, -0.2) is 40.3 Å². The highest BCUT2D eigenvalue weighted by atomic mass is 16.6. The lowest BCUT2D eigenvalue weighted by Crippen LogP contribution is -2.34. The molecule has 6 rings (SSSR count). The van der Waals surface area contributed by atoms with Crippen LogP contribution in [0, 0.1) is 0 Å². The zero-order valence-electron chi connectivity index (χ0n) is 19.2. The van der Waals surface area contributed by atoms with Crippen LogP contribution in [0.25, 0.3) is 10.8 Å². The molecule has 3 aromatic carbocycles. The fraction of sp³-hybridized carbons (Fsp3) is 0.250. The van der Waals surface area contributed by atoms with Gasteiger partial charge in [0.25, 0.3) is 11.5 Å². The summed E-state index contributed by atoms with van der Waals surface area (Å²) < 4.78 is 12.8. The minimum atomic E-state index is -0.203. The molecule has 0 unspecified atom stereocenters. The van der Waals surface area contributed by atoms with E-state index in [-0.39, 0.29) is 17.5 Å². The molecule has 4 aromatic rings.